The van der Waals surface area contributed by atoms with E-state index in [0.29, 0.717) is 56.3 Å². The Hall–Kier alpha value is -3.25. The second-order valence-electron chi connectivity index (χ2n) is 9.54. The van der Waals surface area contributed by atoms with Crippen LogP contribution < -0.4 is 20.7 Å². The van der Waals surface area contributed by atoms with E-state index in [1.54, 1.807) is 23.4 Å². The Morgan fingerprint density at radius 2 is 1.83 bits per heavy atom. The summed E-state index contributed by atoms with van der Waals surface area (Å²) in [5.74, 6) is 1.78. The molecular weight excluding hydrogens is 464 g/mol. The maximum Gasteiger partial charge on any atom is 0.317 e. The first-order valence-corrected chi connectivity index (χ1v) is 12.6. The van der Waals surface area contributed by atoms with Crippen molar-refractivity contribution < 1.29 is 19.0 Å². The number of nitrogen functional groups attached to an aromatic ring is 1. The van der Waals surface area contributed by atoms with Gasteiger partial charge in [-0.15, -0.1) is 0 Å². The fraction of sp³-hybridized carbons (Fsp3) is 0.625. The molecule has 2 aromatic rings. The first-order valence-electron chi connectivity index (χ1n) is 12.6. The molecule has 2 saturated heterocycles. The van der Waals surface area contributed by atoms with Crippen molar-refractivity contribution in [2.24, 2.45) is 5.92 Å². The van der Waals surface area contributed by atoms with Crippen LogP contribution in [0.5, 0.6) is 5.88 Å². The minimum absolute atomic E-state index is 0.0244. The molecule has 12 nitrogen and oxygen atoms in total. The van der Waals surface area contributed by atoms with Gasteiger partial charge >= 0.3 is 6.03 Å². The molecule has 0 aromatic carbocycles. The Bertz CT molecular complexity index is 1020. The van der Waals surface area contributed by atoms with Crippen molar-refractivity contribution in [1.29, 1.82) is 0 Å². The second-order valence-corrected chi connectivity index (χ2v) is 9.54. The summed E-state index contributed by atoms with van der Waals surface area (Å²) < 4.78 is 17.1. The van der Waals surface area contributed by atoms with Gasteiger partial charge in [-0.3, -0.25) is 0 Å². The molecule has 0 radical (unpaired) electrons. The number of urea groups is 1. The van der Waals surface area contributed by atoms with Gasteiger partial charge in [0.05, 0.1) is 18.9 Å². The standard InChI is InChI=1S/C24H34N8O4/c1-31(24(33)28-13-16-2-6-34-7-3-16)18-10-19(11-18)36-21-12-20(17-14-26-22(25)27-15-17)29-23(30-21)32-4-8-35-9-5-32/h12,14-16,18-19H,2-11,13H2,1H3,(H,28,33)(H2,25,26,27). The molecule has 4 heterocycles. The lowest BCUT2D eigenvalue weighted by molar-refractivity contribution is 0.0390. The van der Waals surface area contributed by atoms with Crippen molar-refractivity contribution >= 4 is 17.9 Å². The average Bonchev–Trinajstić information content (AvgIpc) is 2.90. The molecule has 194 valence electrons. The molecule has 36 heavy (non-hydrogen) atoms. The van der Waals surface area contributed by atoms with Crippen LogP contribution in [0.4, 0.5) is 16.7 Å². The van der Waals surface area contributed by atoms with Crippen LogP contribution in [-0.2, 0) is 9.47 Å². The van der Waals surface area contributed by atoms with E-state index in [1.807, 2.05) is 7.05 Å². The van der Waals surface area contributed by atoms with Gasteiger partial charge < -0.3 is 35.1 Å². The Balaban J connectivity index is 1.20. The highest BCUT2D eigenvalue weighted by molar-refractivity contribution is 5.74. The molecule has 1 saturated carbocycles. The van der Waals surface area contributed by atoms with E-state index in [2.05, 4.69) is 25.2 Å². The summed E-state index contributed by atoms with van der Waals surface area (Å²) >= 11 is 0. The lowest BCUT2D eigenvalue weighted by Crippen LogP contribution is -2.53. The van der Waals surface area contributed by atoms with Crippen molar-refractivity contribution in [1.82, 2.24) is 30.2 Å². The summed E-state index contributed by atoms with van der Waals surface area (Å²) in [6, 6.07) is 1.90. The Kier molecular flexibility index (Phi) is 7.61. The number of carbonyl (C=O) groups is 1. The molecule has 2 aromatic heterocycles. The summed E-state index contributed by atoms with van der Waals surface area (Å²) in [6.45, 7) is 4.93. The van der Waals surface area contributed by atoms with Crippen LogP contribution in [0.3, 0.4) is 0 Å². The molecule has 12 heteroatoms. The molecule has 3 N–H and O–H groups in total. The summed E-state index contributed by atoms with van der Waals surface area (Å²) in [5, 5.41) is 3.07. The maximum atomic E-state index is 12.6. The van der Waals surface area contributed by atoms with Crippen LogP contribution in [-0.4, -0.2) is 96.1 Å². The number of hydrogen-bond donors (Lipinski definition) is 2. The molecule has 1 aliphatic carbocycles. The number of ether oxygens (including phenoxy) is 3. The fourth-order valence-corrected chi connectivity index (χ4v) is 4.59. The van der Waals surface area contributed by atoms with Crippen molar-refractivity contribution in [2.75, 3.05) is 63.7 Å². The lowest BCUT2D eigenvalue weighted by atomic mass is 9.88. The van der Waals surface area contributed by atoms with Crippen molar-refractivity contribution in [3.63, 3.8) is 0 Å². The van der Waals surface area contributed by atoms with Gasteiger partial charge in [0, 0.05) is 82.8 Å². The second kappa shape index (κ2) is 11.2. The van der Waals surface area contributed by atoms with Crippen LogP contribution in [0, 0.1) is 5.92 Å². The number of nitrogens with one attached hydrogen (secondary N) is 1. The van der Waals surface area contributed by atoms with Gasteiger partial charge in [0.1, 0.15) is 6.10 Å². The molecule has 2 aliphatic heterocycles. The SMILES string of the molecule is CN(C(=O)NCC1CCOCC1)C1CC(Oc2cc(-c3cnc(N)nc3)nc(N3CCOCC3)n2)C1. The number of aromatic nitrogens is 4. The summed E-state index contributed by atoms with van der Waals surface area (Å²) in [4.78, 5) is 34.1. The first kappa shape index (κ1) is 24.4. The predicted octanol–water partition coefficient (Wildman–Crippen LogP) is 1.33. The molecule has 3 fully saturated rings. The molecule has 0 bridgehead atoms. The molecule has 3 aliphatic rings. The van der Waals surface area contributed by atoms with Crippen molar-refractivity contribution in [3.8, 4) is 17.1 Å². The van der Waals surface area contributed by atoms with Crippen LogP contribution in [0.15, 0.2) is 18.5 Å². The molecule has 2 amide bonds. The minimum atomic E-state index is -0.0350. The molecule has 0 spiro atoms. The summed E-state index contributed by atoms with van der Waals surface area (Å²) in [5.41, 5.74) is 7.05. The van der Waals surface area contributed by atoms with Crippen LogP contribution in [0.1, 0.15) is 25.7 Å². The number of nitrogens with two attached hydrogens (primary N) is 1. The molecule has 0 unspecified atom stereocenters. The third-order valence-electron chi connectivity index (χ3n) is 7.06. The van der Waals surface area contributed by atoms with Gasteiger partial charge in [0.25, 0.3) is 0 Å². The van der Waals surface area contributed by atoms with E-state index in [0.717, 1.165) is 44.5 Å². The van der Waals surface area contributed by atoms with Gasteiger partial charge in [-0.05, 0) is 18.8 Å². The van der Waals surface area contributed by atoms with Gasteiger partial charge in [0.15, 0.2) is 0 Å². The number of anilines is 2. The zero-order valence-electron chi connectivity index (χ0n) is 20.6. The Morgan fingerprint density at radius 1 is 1.14 bits per heavy atom. The Labute approximate surface area is 210 Å². The third-order valence-corrected chi connectivity index (χ3v) is 7.06. The van der Waals surface area contributed by atoms with Crippen LogP contribution >= 0.6 is 0 Å². The largest absolute Gasteiger partial charge is 0.474 e. The number of carbonyl (C=O) groups excluding carboxylic acids is 1. The zero-order chi connectivity index (χ0) is 24.9. The number of rotatable bonds is 7. The normalized spacial score (nSPS) is 22.5. The minimum Gasteiger partial charge on any atom is -0.474 e. The fourth-order valence-electron chi connectivity index (χ4n) is 4.59. The van der Waals surface area contributed by atoms with Crippen LogP contribution in [0.25, 0.3) is 11.3 Å². The first-order chi connectivity index (χ1) is 17.5. The number of amides is 2. The lowest BCUT2D eigenvalue weighted by Gasteiger charge is -2.40. The predicted molar refractivity (Wildman–Crippen MR) is 133 cm³/mol. The average molecular weight is 499 g/mol. The van der Waals surface area contributed by atoms with E-state index >= 15 is 0 Å². The maximum absolute atomic E-state index is 12.6. The third kappa shape index (κ3) is 5.93. The highest BCUT2D eigenvalue weighted by atomic mass is 16.5. The van der Waals surface area contributed by atoms with E-state index < -0.39 is 0 Å². The topological polar surface area (TPSA) is 141 Å². The molecule has 5 rings (SSSR count). The van der Waals surface area contributed by atoms with Crippen LogP contribution in [0.2, 0.25) is 0 Å². The van der Waals surface area contributed by atoms with E-state index in [4.69, 9.17) is 24.9 Å². The van der Waals surface area contributed by atoms with E-state index in [-0.39, 0.29) is 24.1 Å². The zero-order valence-corrected chi connectivity index (χ0v) is 20.6. The van der Waals surface area contributed by atoms with Gasteiger partial charge in [-0.25, -0.2) is 19.7 Å². The highest BCUT2D eigenvalue weighted by Gasteiger charge is 2.36. The van der Waals surface area contributed by atoms with E-state index in [9.17, 15) is 4.79 Å². The monoisotopic (exact) mass is 498 g/mol. The number of hydrogen-bond acceptors (Lipinski definition) is 10. The van der Waals surface area contributed by atoms with Gasteiger partial charge in [-0.2, -0.15) is 4.98 Å². The number of morpholine rings is 1. The van der Waals surface area contributed by atoms with E-state index in [1.165, 1.54) is 0 Å². The number of nitrogens with zero attached hydrogens (tertiary/aromatic N) is 6. The van der Waals surface area contributed by atoms with Crippen molar-refractivity contribution in [3.05, 3.63) is 18.5 Å². The molecule has 0 atom stereocenters. The summed E-state index contributed by atoms with van der Waals surface area (Å²) in [6.07, 6.45) is 6.76. The van der Waals surface area contributed by atoms with Gasteiger partial charge in [-0.1, -0.05) is 0 Å². The Morgan fingerprint density at radius 3 is 2.56 bits per heavy atom. The van der Waals surface area contributed by atoms with Gasteiger partial charge in [0.2, 0.25) is 17.8 Å². The smallest absolute Gasteiger partial charge is 0.317 e. The quantitative estimate of drug-likeness (QED) is 0.574. The highest BCUT2D eigenvalue weighted by Crippen LogP contribution is 2.31. The van der Waals surface area contributed by atoms with Crippen molar-refractivity contribution in [2.45, 2.75) is 37.8 Å². The molecular formula is C24H34N8O4. The summed E-state index contributed by atoms with van der Waals surface area (Å²) in [7, 11) is 1.85.